The van der Waals surface area contributed by atoms with Crippen LogP contribution in [0.4, 0.5) is 0 Å². The molecule has 9 heteroatoms. The Balaban J connectivity index is -0.000000562. The summed E-state index contributed by atoms with van der Waals surface area (Å²) in [4.78, 5) is 28.0. The Labute approximate surface area is 106 Å². The van der Waals surface area contributed by atoms with Crippen LogP contribution in [-0.4, -0.2) is 31.9 Å². The van der Waals surface area contributed by atoms with Gasteiger partial charge in [-0.2, -0.15) is 0 Å². The van der Waals surface area contributed by atoms with Crippen molar-refractivity contribution in [1.29, 1.82) is 0 Å². The number of fused-ring (bicyclic) bond motifs is 1. The van der Waals surface area contributed by atoms with Gasteiger partial charge in [0.05, 0.1) is 5.52 Å². The maximum Gasteiger partial charge on any atom is 0.314 e. The average Bonchev–Trinajstić information content (AvgIpc) is 2.51. The summed E-state index contributed by atoms with van der Waals surface area (Å²) in [6.45, 7) is 2.08. The zero-order valence-corrected chi connectivity index (χ0v) is 10.5. The van der Waals surface area contributed by atoms with E-state index < -0.39 is 11.1 Å². The van der Waals surface area contributed by atoms with Gasteiger partial charge in [0.2, 0.25) is 0 Å². The van der Waals surface area contributed by atoms with Crippen molar-refractivity contribution in [3.8, 4) is 0 Å². The molecule has 0 amide bonds. The summed E-state index contributed by atoms with van der Waals surface area (Å²) < 4.78 is 0. The fourth-order valence-electron chi connectivity index (χ4n) is 1.41. The maximum atomic E-state index is 11.1. The topological polar surface area (TPSA) is 192 Å². The van der Waals surface area contributed by atoms with Crippen molar-refractivity contribution < 1.29 is 21.9 Å². The highest BCUT2D eigenvalue weighted by Crippen LogP contribution is 2.21. The lowest BCUT2D eigenvalue weighted by atomic mass is 10.2. The van der Waals surface area contributed by atoms with Gasteiger partial charge in [0.15, 0.2) is 0 Å². The molecule has 0 unspecified atom stereocenters. The van der Waals surface area contributed by atoms with Gasteiger partial charge in [-0.25, -0.2) is 0 Å². The van der Waals surface area contributed by atoms with E-state index in [1.54, 1.807) is 0 Å². The van der Waals surface area contributed by atoms with Crippen LogP contribution in [0.3, 0.4) is 0 Å². The predicted molar refractivity (Wildman–Crippen MR) is 71.5 cm³/mol. The monoisotopic (exact) mass is 282 g/mol. The summed E-state index contributed by atoms with van der Waals surface area (Å²) in [6.07, 6.45) is 1.94. The Morgan fingerprint density at radius 2 is 1.61 bits per heavy atom. The first-order valence-electron chi connectivity index (χ1n) is 4.45. The number of aromatic amines is 2. The van der Waals surface area contributed by atoms with Crippen LogP contribution < -0.4 is 11.1 Å². The van der Waals surface area contributed by atoms with Crippen molar-refractivity contribution in [3.63, 3.8) is 0 Å². The summed E-state index contributed by atoms with van der Waals surface area (Å²) >= 11 is 1.45. The quantitative estimate of drug-likeness (QED) is 0.598. The molecule has 18 heavy (non-hydrogen) atoms. The normalized spacial score (nSPS) is 8.50. The first kappa shape index (κ1) is 21.7. The van der Waals surface area contributed by atoms with Gasteiger partial charge in [-0.05, 0) is 17.4 Å². The molecule has 0 bridgehead atoms. The van der Waals surface area contributed by atoms with Crippen LogP contribution in [0.15, 0.2) is 15.0 Å². The van der Waals surface area contributed by atoms with Crippen LogP contribution >= 0.6 is 11.3 Å². The van der Waals surface area contributed by atoms with Gasteiger partial charge in [0, 0.05) is 0 Å². The van der Waals surface area contributed by atoms with Crippen LogP contribution in [0.25, 0.3) is 10.3 Å². The molecule has 2 heterocycles. The molecule has 2 aromatic rings. The zero-order chi connectivity index (χ0) is 10.1. The highest BCUT2D eigenvalue weighted by atomic mass is 32.1. The first-order chi connectivity index (χ1) is 6.72. The fraction of sp³-hybridized carbons (Fsp3) is 0.333. The summed E-state index contributed by atoms with van der Waals surface area (Å²) in [5.74, 6) is 0. The van der Waals surface area contributed by atoms with E-state index in [4.69, 9.17) is 0 Å². The minimum absolute atomic E-state index is 0. The lowest BCUT2D eigenvalue weighted by Gasteiger charge is -1.94. The van der Waals surface area contributed by atoms with Crippen molar-refractivity contribution >= 4 is 21.7 Å². The SMILES string of the molecule is CCCc1csc2[nH]c(=O)c(=O)[nH]c12.O.O.O.O. The van der Waals surface area contributed by atoms with Gasteiger partial charge >= 0.3 is 11.1 Å². The summed E-state index contributed by atoms with van der Waals surface area (Å²) in [6, 6.07) is 0. The van der Waals surface area contributed by atoms with Crippen molar-refractivity contribution in [2.24, 2.45) is 0 Å². The van der Waals surface area contributed by atoms with E-state index in [1.165, 1.54) is 11.3 Å². The Morgan fingerprint density at radius 3 is 2.17 bits per heavy atom. The molecule has 0 aliphatic heterocycles. The number of rotatable bonds is 2. The van der Waals surface area contributed by atoms with E-state index in [-0.39, 0.29) is 21.9 Å². The summed E-state index contributed by atoms with van der Waals surface area (Å²) in [7, 11) is 0. The second kappa shape index (κ2) is 8.55. The van der Waals surface area contributed by atoms with Crippen molar-refractivity contribution in [3.05, 3.63) is 31.7 Å². The highest BCUT2D eigenvalue weighted by molar-refractivity contribution is 7.16. The number of hydrogen-bond donors (Lipinski definition) is 2. The second-order valence-electron chi connectivity index (χ2n) is 3.12. The van der Waals surface area contributed by atoms with Gasteiger partial charge in [0.25, 0.3) is 0 Å². The molecule has 0 radical (unpaired) electrons. The third-order valence-electron chi connectivity index (χ3n) is 2.06. The number of thiophene rings is 1. The van der Waals surface area contributed by atoms with Gasteiger partial charge in [0.1, 0.15) is 4.83 Å². The molecule has 0 saturated carbocycles. The predicted octanol–water partition coefficient (Wildman–Crippen LogP) is -2.07. The molecule has 0 aliphatic carbocycles. The molecule has 0 aliphatic rings. The van der Waals surface area contributed by atoms with Crippen LogP contribution in [0.5, 0.6) is 0 Å². The average molecular weight is 282 g/mol. The molecular formula is C9H18N2O6S. The van der Waals surface area contributed by atoms with Crippen LogP contribution in [-0.2, 0) is 6.42 Å². The highest BCUT2D eigenvalue weighted by Gasteiger charge is 2.05. The number of aryl methyl sites for hydroxylation is 1. The third-order valence-corrected chi connectivity index (χ3v) is 3.00. The largest absolute Gasteiger partial charge is 0.412 e. The molecule has 0 atom stereocenters. The maximum absolute atomic E-state index is 11.1. The Kier molecular flexibility index (Phi) is 10.3. The van der Waals surface area contributed by atoms with Gasteiger partial charge in [-0.3, -0.25) is 9.59 Å². The molecule has 0 spiro atoms. The van der Waals surface area contributed by atoms with Gasteiger partial charge in [-0.1, -0.05) is 13.3 Å². The Bertz CT molecular complexity index is 572. The third kappa shape index (κ3) is 3.75. The Hall–Kier alpha value is -1.52. The molecule has 10 N–H and O–H groups in total. The van der Waals surface area contributed by atoms with Crippen LogP contribution in [0, 0.1) is 0 Å². The fourth-order valence-corrected chi connectivity index (χ4v) is 2.35. The number of nitrogens with one attached hydrogen (secondary N) is 2. The van der Waals surface area contributed by atoms with Crippen molar-refractivity contribution in [2.75, 3.05) is 0 Å². The lowest BCUT2D eigenvalue weighted by Crippen LogP contribution is -2.28. The van der Waals surface area contributed by atoms with Crippen LogP contribution in [0.1, 0.15) is 18.9 Å². The minimum atomic E-state index is -0.581. The number of hydrogen-bond acceptors (Lipinski definition) is 3. The van der Waals surface area contributed by atoms with E-state index in [9.17, 15) is 9.59 Å². The van der Waals surface area contributed by atoms with E-state index in [2.05, 4.69) is 16.9 Å². The Morgan fingerprint density at radius 1 is 1.06 bits per heavy atom. The van der Waals surface area contributed by atoms with E-state index >= 15 is 0 Å². The van der Waals surface area contributed by atoms with E-state index in [1.807, 2.05) is 5.38 Å². The molecule has 8 nitrogen and oxygen atoms in total. The first-order valence-corrected chi connectivity index (χ1v) is 5.33. The zero-order valence-electron chi connectivity index (χ0n) is 9.72. The summed E-state index contributed by atoms with van der Waals surface area (Å²) in [5.41, 5.74) is 0.720. The van der Waals surface area contributed by atoms with Gasteiger partial charge < -0.3 is 31.9 Å². The summed E-state index contributed by atoms with van der Waals surface area (Å²) in [5, 5.41) is 1.97. The minimum Gasteiger partial charge on any atom is -0.412 e. The molecule has 0 aromatic carbocycles. The van der Waals surface area contributed by atoms with E-state index in [0.29, 0.717) is 0 Å². The lowest BCUT2D eigenvalue weighted by molar-refractivity contribution is 0.823. The molecule has 2 rings (SSSR count). The van der Waals surface area contributed by atoms with Crippen LogP contribution in [0.2, 0.25) is 0 Å². The molecule has 0 fully saturated rings. The van der Waals surface area contributed by atoms with Crippen molar-refractivity contribution in [2.45, 2.75) is 19.8 Å². The molecule has 0 saturated heterocycles. The second-order valence-corrected chi connectivity index (χ2v) is 4.00. The van der Waals surface area contributed by atoms with Crippen molar-refractivity contribution in [1.82, 2.24) is 9.97 Å². The molecular weight excluding hydrogens is 264 g/mol. The number of aromatic nitrogens is 2. The number of H-pyrrole nitrogens is 2. The van der Waals surface area contributed by atoms with E-state index in [0.717, 1.165) is 28.8 Å². The standard InChI is InChI=1S/C9H10N2O2S.4H2O/c1-2-3-5-4-14-9-6(5)10-7(12)8(13)11-9;;;;/h4H,2-3H2,1H3,(H,10,12)(H,11,13);4*1H2. The van der Waals surface area contributed by atoms with Gasteiger partial charge in [-0.15, -0.1) is 11.3 Å². The smallest absolute Gasteiger partial charge is 0.314 e. The molecule has 2 aromatic heterocycles. The molecule has 106 valence electrons.